The molecule has 1 aromatic carbocycles. The second kappa shape index (κ2) is 4.23. The zero-order valence-corrected chi connectivity index (χ0v) is 9.28. The van der Waals surface area contributed by atoms with Crippen LogP contribution >= 0.6 is 0 Å². The second-order valence-electron chi connectivity index (χ2n) is 3.61. The van der Waals surface area contributed by atoms with E-state index in [1.807, 2.05) is 31.2 Å². The maximum atomic E-state index is 11.2. The lowest BCUT2D eigenvalue weighted by atomic mass is 10.1. The molecule has 16 heavy (non-hydrogen) atoms. The van der Waals surface area contributed by atoms with Crippen LogP contribution in [0.25, 0.3) is 11.3 Å². The number of hydrogen-bond donors (Lipinski definition) is 1. The van der Waals surface area contributed by atoms with Crippen LogP contribution < -0.4 is 10.3 Å². The van der Waals surface area contributed by atoms with Crippen molar-refractivity contribution >= 4 is 0 Å². The molecule has 0 saturated carbocycles. The summed E-state index contributed by atoms with van der Waals surface area (Å²) in [7, 11) is 1.64. The molecule has 1 heterocycles. The third-order valence-corrected chi connectivity index (χ3v) is 2.49. The minimum atomic E-state index is -0.1000. The highest BCUT2D eigenvalue weighted by molar-refractivity contribution is 5.62. The number of benzene rings is 1. The number of nitrogens with one attached hydrogen (secondary N) is 1. The van der Waals surface area contributed by atoms with Crippen LogP contribution in [0.4, 0.5) is 0 Å². The van der Waals surface area contributed by atoms with Crippen molar-refractivity contribution < 1.29 is 4.74 Å². The maximum Gasteiger partial charge on any atom is 0.248 e. The van der Waals surface area contributed by atoms with Crippen LogP contribution in [0, 0.1) is 6.92 Å². The Bertz CT molecular complexity index is 558. The highest BCUT2D eigenvalue weighted by Gasteiger charge is 2.02. The van der Waals surface area contributed by atoms with Crippen LogP contribution in [0.15, 0.2) is 41.2 Å². The molecule has 3 heteroatoms. The number of methoxy groups -OCH3 is 1. The molecule has 1 N–H and O–H groups in total. The Labute approximate surface area is 93.7 Å². The van der Waals surface area contributed by atoms with E-state index in [9.17, 15) is 4.79 Å². The van der Waals surface area contributed by atoms with Crippen LogP contribution in [-0.2, 0) is 0 Å². The molecule has 0 saturated heterocycles. The van der Waals surface area contributed by atoms with Crippen molar-refractivity contribution in [1.82, 2.24) is 4.98 Å². The van der Waals surface area contributed by atoms with E-state index in [-0.39, 0.29) is 5.56 Å². The molecule has 0 unspecified atom stereocenters. The van der Waals surface area contributed by atoms with Gasteiger partial charge in [0.15, 0.2) is 0 Å². The fourth-order valence-electron chi connectivity index (χ4n) is 1.60. The molecule has 0 aliphatic rings. The van der Waals surface area contributed by atoms with Crippen molar-refractivity contribution in [2.24, 2.45) is 0 Å². The van der Waals surface area contributed by atoms with Gasteiger partial charge in [0.2, 0.25) is 5.56 Å². The lowest BCUT2D eigenvalue weighted by Crippen LogP contribution is -2.03. The molecule has 2 rings (SSSR count). The van der Waals surface area contributed by atoms with Gasteiger partial charge >= 0.3 is 0 Å². The van der Waals surface area contributed by atoms with Gasteiger partial charge in [-0.15, -0.1) is 0 Å². The lowest BCUT2D eigenvalue weighted by molar-refractivity contribution is 0.412. The first kappa shape index (κ1) is 10.5. The predicted octanol–water partition coefficient (Wildman–Crippen LogP) is 2.36. The molecular weight excluding hydrogens is 202 g/mol. The Hall–Kier alpha value is -2.03. The summed E-state index contributed by atoms with van der Waals surface area (Å²) >= 11 is 0. The zero-order chi connectivity index (χ0) is 11.5. The van der Waals surface area contributed by atoms with Gasteiger partial charge in [-0.3, -0.25) is 4.79 Å². The number of aryl methyl sites for hydroxylation is 1. The van der Waals surface area contributed by atoms with E-state index < -0.39 is 0 Å². The predicted molar refractivity (Wildman–Crippen MR) is 63.8 cm³/mol. The van der Waals surface area contributed by atoms with Crippen LogP contribution in [0.2, 0.25) is 0 Å². The number of pyridine rings is 1. The summed E-state index contributed by atoms with van der Waals surface area (Å²) in [6.45, 7) is 1.98. The highest BCUT2D eigenvalue weighted by Crippen LogP contribution is 2.24. The molecule has 0 radical (unpaired) electrons. The number of aromatic amines is 1. The lowest BCUT2D eigenvalue weighted by Gasteiger charge is -2.07. The van der Waals surface area contributed by atoms with Crippen molar-refractivity contribution in [3.63, 3.8) is 0 Å². The van der Waals surface area contributed by atoms with E-state index in [2.05, 4.69) is 4.98 Å². The Morgan fingerprint density at radius 1 is 1.19 bits per heavy atom. The van der Waals surface area contributed by atoms with E-state index in [0.29, 0.717) is 0 Å². The molecule has 82 valence electrons. The fourth-order valence-corrected chi connectivity index (χ4v) is 1.60. The average Bonchev–Trinajstić information content (AvgIpc) is 2.29. The average molecular weight is 215 g/mol. The molecule has 0 aliphatic carbocycles. The van der Waals surface area contributed by atoms with Crippen molar-refractivity contribution in [1.29, 1.82) is 0 Å². The molecule has 2 aromatic rings. The number of ether oxygens (including phenoxy) is 1. The minimum Gasteiger partial charge on any atom is -0.496 e. The number of H-pyrrole nitrogens is 1. The number of hydrogen-bond acceptors (Lipinski definition) is 2. The van der Waals surface area contributed by atoms with Gasteiger partial charge in [-0.05, 0) is 24.6 Å². The van der Waals surface area contributed by atoms with E-state index in [0.717, 1.165) is 22.6 Å². The topological polar surface area (TPSA) is 42.1 Å². The second-order valence-corrected chi connectivity index (χ2v) is 3.61. The molecule has 0 spiro atoms. The molecule has 0 atom stereocenters. The number of aromatic nitrogens is 1. The van der Waals surface area contributed by atoms with Crippen molar-refractivity contribution in [2.75, 3.05) is 7.11 Å². The van der Waals surface area contributed by atoms with E-state index in [1.54, 1.807) is 13.2 Å². The van der Waals surface area contributed by atoms with Gasteiger partial charge in [-0.1, -0.05) is 18.2 Å². The molecule has 3 nitrogen and oxygen atoms in total. The van der Waals surface area contributed by atoms with Crippen LogP contribution in [0.1, 0.15) is 5.56 Å². The number of rotatable bonds is 2. The van der Waals surface area contributed by atoms with Gasteiger partial charge in [-0.25, -0.2) is 0 Å². The standard InChI is InChI=1S/C13H13NO2/c1-9-6-7-10(8-12(9)16-2)11-4-3-5-13(15)14-11/h3-8H,1-2H3,(H,14,15). The Balaban J connectivity index is 2.52. The van der Waals surface area contributed by atoms with Crippen molar-refractivity contribution in [3.8, 4) is 17.0 Å². The molecule has 0 aliphatic heterocycles. The molecule has 0 amide bonds. The van der Waals surface area contributed by atoms with Gasteiger partial charge in [0.1, 0.15) is 5.75 Å². The molecular formula is C13H13NO2. The summed E-state index contributed by atoms with van der Waals surface area (Å²) in [5.41, 5.74) is 2.72. The summed E-state index contributed by atoms with van der Waals surface area (Å²) in [5, 5.41) is 0. The minimum absolute atomic E-state index is 0.1000. The molecule has 1 aromatic heterocycles. The monoisotopic (exact) mass is 215 g/mol. The van der Waals surface area contributed by atoms with Gasteiger partial charge < -0.3 is 9.72 Å². The van der Waals surface area contributed by atoms with E-state index >= 15 is 0 Å². The normalized spacial score (nSPS) is 10.1. The molecule has 0 bridgehead atoms. The quantitative estimate of drug-likeness (QED) is 0.835. The summed E-state index contributed by atoms with van der Waals surface area (Å²) in [6, 6.07) is 10.9. The van der Waals surface area contributed by atoms with Crippen LogP contribution in [0.5, 0.6) is 5.75 Å². The van der Waals surface area contributed by atoms with Crippen LogP contribution in [0.3, 0.4) is 0 Å². The summed E-state index contributed by atoms with van der Waals surface area (Å²) in [5.74, 6) is 0.821. The smallest absolute Gasteiger partial charge is 0.248 e. The fraction of sp³-hybridized carbons (Fsp3) is 0.154. The van der Waals surface area contributed by atoms with Crippen molar-refractivity contribution in [3.05, 3.63) is 52.3 Å². The SMILES string of the molecule is COc1cc(-c2cccc(=O)[nH]2)ccc1C. The summed E-state index contributed by atoms with van der Waals surface area (Å²) in [4.78, 5) is 14.0. The van der Waals surface area contributed by atoms with Gasteiger partial charge in [0.25, 0.3) is 0 Å². The third-order valence-electron chi connectivity index (χ3n) is 2.49. The zero-order valence-electron chi connectivity index (χ0n) is 9.28. The maximum absolute atomic E-state index is 11.2. The Kier molecular flexibility index (Phi) is 2.77. The van der Waals surface area contributed by atoms with Crippen LogP contribution in [-0.4, -0.2) is 12.1 Å². The Morgan fingerprint density at radius 2 is 2.00 bits per heavy atom. The van der Waals surface area contributed by atoms with E-state index in [1.165, 1.54) is 6.07 Å². The van der Waals surface area contributed by atoms with E-state index in [4.69, 9.17) is 4.74 Å². The third kappa shape index (κ3) is 1.98. The van der Waals surface area contributed by atoms with Crippen molar-refractivity contribution in [2.45, 2.75) is 6.92 Å². The Morgan fingerprint density at radius 3 is 2.69 bits per heavy atom. The van der Waals surface area contributed by atoms with Gasteiger partial charge in [-0.2, -0.15) is 0 Å². The first-order valence-electron chi connectivity index (χ1n) is 5.05. The summed E-state index contributed by atoms with van der Waals surface area (Å²) < 4.78 is 5.25. The first-order valence-corrected chi connectivity index (χ1v) is 5.05. The van der Waals surface area contributed by atoms with Gasteiger partial charge in [0.05, 0.1) is 7.11 Å². The summed E-state index contributed by atoms with van der Waals surface area (Å²) in [6.07, 6.45) is 0. The highest BCUT2D eigenvalue weighted by atomic mass is 16.5. The largest absolute Gasteiger partial charge is 0.496 e. The van der Waals surface area contributed by atoms with Gasteiger partial charge in [0, 0.05) is 17.3 Å². The first-order chi connectivity index (χ1) is 7.70. The molecule has 0 fully saturated rings.